The minimum Gasteiger partial charge on any atom is -0.325 e. The molecule has 0 atom stereocenters. The highest BCUT2D eigenvalue weighted by atomic mass is 32.2. The summed E-state index contributed by atoms with van der Waals surface area (Å²) in [7, 11) is 0. The molecular formula is C12H10N4OS2. The van der Waals surface area contributed by atoms with Gasteiger partial charge in [0.05, 0.1) is 17.4 Å². The van der Waals surface area contributed by atoms with Crippen LogP contribution in [0.3, 0.4) is 0 Å². The van der Waals surface area contributed by atoms with Crippen molar-refractivity contribution in [2.45, 2.75) is 11.3 Å². The van der Waals surface area contributed by atoms with Crippen LogP contribution in [0.15, 0.2) is 28.6 Å². The largest absolute Gasteiger partial charge is 0.325 e. The zero-order valence-electron chi connectivity index (χ0n) is 10.1. The van der Waals surface area contributed by atoms with Gasteiger partial charge in [-0.2, -0.15) is 9.64 Å². The van der Waals surface area contributed by atoms with Crippen molar-refractivity contribution < 1.29 is 4.79 Å². The zero-order chi connectivity index (χ0) is 13.7. The van der Waals surface area contributed by atoms with E-state index < -0.39 is 0 Å². The minimum atomic E-state index is -0.109. The lowest BCUT2D eigenvalue weighted by molar-refractivity contribution is -0.113. The highest BCUT2D eigenvalue weighted by molar-refractivity contribution is 8.01. The minimum absolute atomic E-state index is 0.109. The highest BCUT2D eigenvalue weighted by Gasteiger charge is 2.06. The number of nitrogens with zero attached hydrogens (tertiary/aromatic N) is 3. The maximum absolute atomic E-state index is 11.7. The maximum atomic E-state index is 11.7. The van der Waals surface area contributed by atoms with Gasteiger partial charge in [0.15, 0.2) is 4.34 Å². The second kappa shape index (κ2) is 6.31. The number of carbonyl (C=O) groups is 1. The Labute approximate surface area is 118 Å². The van der Waals surface area contributed by atoms with Gasteiger partial charge in [0, 0.05) is 5.69 Å². The van der Waals surface area contributed by atoms with Gasteiger partial charge in [-0.1, -0.05) is 11.8 Å². The number of aromatic nitrogens is 2. The van der Waals surface area contributed by atoms with Gasteiger partial charge in [0.2, 0.25) is 5.91 Å². The molecule has 2 rings (SSSR count). The van der Waals surface area contributed by atoms with Gasteiger partial charge >= 0.3 is 0 Å². The third kappa shape index (κ3) is 4.05. The fraction of sp³-hybridized carbons (Fsp3) is 0.167. The molecule has 0 unspecified atom stereocenters. The first-order valence-corrected chi connectivity index (χ1v) is 7.16. The highest BCUT2D eigenvalue weighted by Crippen LogP contribution is 2.20. The third-order valence-electron chi connectivity index (χ3n) is 2.13. The lowest BCUT2D eigenvalue weighted by Crippen LogP contribution is -2.13. The van der Waals surface area contributed by atoms with Crippen molar-refractivity contribution in [3.05, 3.63) is 35.7 Å². The molecule has 0 saturated carbocycles. The molecule has 5 nitrogen and oxygen atoms in total. The first-order chi connectivity index (χ1) is 9.17. The predicted molar refractivity (Wildman–Crippen MR) is 75.2 cm³/mol. The summed E-state index contributed by atoms with van der Waals surface area (Å²) in [6.07, 6.45) is 0. The molecule has 1 aromatic heterocycles. The second-order valence-corrected chi connectivity index (χ2v) is 5.61. The van der Waals surface area contributed by atoms with Crippen LogP contribution in [0.5, 0.6) is 0 Å². The second-order valence-electron chi connectivity index (χ2n) is 3.63. The molecule has 0 aliphatic carbocycles. The fourth-order valence-electron chi connectivity index (χ4n) is 1.29. The lowest BCUT2D eigenvalue weighted by atomic mass is 10.2. The van der Waals surface area contributed by atoms with E-state index in [2.05, 4.69) is 14.7 Å². The monoisotopic (exact) mass is 290 g/mol. The van der Waals surface area contributed by atoms with Crippen molar-refractivity contribution in [2.75, 3.05) is 11.1 Å². The van der Waals surface area contributed by atoms with Crippen LogP contribution in [0.2, 0.25) is 0 Å². The number of hydrogen-bond donors (Lipinski definition) is 1. The number of nitrogens with one attached hydrogen (secondary N) is 1. The number of carbonyl (C=O) groups excluding carboxylic acids is 1. The van der Waals surface area contributed by atoms with Crippen molar-refractivity contribution in [1.82, 2.24) is 9.36 Å². The van der Waals surface area contributed by atoms with Crippen molar-refractivity contribution in [1.29, 1.82) is 5.26 Å². The number of hydrogen-bond acceptors (Lipinski definition) is 6. The van der Waals surface area contributed by atoms with Gasteiger partial charge in [0.25, 0.3) is 0 Å². The Kier molecular flexibility index (Phi) is 4.49. The number of aryl methyl sites for hydroxylation is 1. The van der Waals surface area contributed by atoms with Crippen molar-refractivity contribution in [3.8, 4) is 6.07 Å². The van der Waals surface area contributed by atoms with Crippen molar-refractivity contribution in [2.24, 2.45) is 0 Å². The van der Waals surface area contributed by atoms with E-state index in [1.165, 1.54) is 23.3 Å². The molecule has 1 N–H and O–H groups in total. The molecule has 0 spiro atoms. The van der Waals surface area contributed by atoms with Crippen LogP contribution in [0.4, 0.5) is 5.69 Å². The van der Waals surface area contributed by atoms with Crippen LogP contribution in [0.1, 0.15) is 11.4 Å². The Hall–Kier alpha value is -1.91. The van der Waals surface area contributed by atoms with Crippen LogP contribution >= 0.6 is 23.3 Å². The van der Waals surface area contributed by atoms with Gasteiger partial charge < -0.3 is 5.32 Å². The Balaban J connectivity index is 1.85. The molecule has 1 amide bonds. The first-order valence-electron chi connectivity index (χ1n) is 5.40. The van der Waals surface area contributed by atoms with Crippen molar-refractivity contribution in [3.63, 3.8) is 0 Å². The summed E-state index contributed by atoms with van der Waals surface area (Å²) in [5.74, 6) is 0.900. The van der Waals surface area contributed by atoms with Crippen LogP contribution < -0.4 is 5.32 Å². The van der Waals surface area contributed by atoms with Gasteiger partial charge in [-0.15, -0.1) is 0 Å². The molecule has 0 aliphatic heterocycles. The number of nitriles is 1. The van der Waals surface area contributed by atoms with E-state index in [0.717, 1.165) is 10.2 Å². The van der Waals surface area contributed by atoms with E-state index in [-0.39, 0.29) is 11.7 Å². The number of thioether (sulfide) groups is 1. The summed E-state index contributed by atoms with van der Waals surface area (Å²) in [5, 5.41) is 11.4. The third-order valence-corrected chi connectivity index (χ3v) is 4.06. The van der Waals surface area contributed by atoms with Gasteiger partial charge in [0.1, 0.15) is 5.82 Å². The summed E-state index contributed by atoms with van der Waals surface area (Å²) in [6.45, 7) is 1.82. The molecule has 0 saturated heterocycles. The van der Waals surface area contributed by atoms with Gasteiger partial charge in [-0.25, -0.2) is 4.98 Å². The van der Waals surface area contributed by atoms with E-state index in [1.54, 1.807) is 24.3 Å². The summed E-state index contributed by atoms with van der Waals surface area (Å²) in [5.41, 5.74) is 1.25. The Morgan fingerprint density at radius 1 is 1.47 bits per heavy atom. The SMILES string of the molecule is Cc1nsc(SCC(=O)Nc2ccc(C#N)cc2)n1. The van der Waals surface area contributed by atoms with Gasteiger partial charge in [-0.3, -0.25) is 4.79 Å². The molecule has 19 heavy (non-hydrogen) atoms. The summed E-state index contributed by atoms with van der Waals surface area (Å²) in [4.78, 5) is 15.9. The van der Waals surface area contributed by atoms with Gasteiger partial charge in [-0.05, 0) is 42.7 Å². The average Bonchev–Trinajstić information content (AvgIpc) is 2.83. The Bertz CT molecular complexity index is 615. The number of benzene rings is 1. The van der Waals surface area contributed by atoms with E-state index in [9.17, 15) is 4.79 Å². The molecule has 0 fully saturated rings. The molecule has 2 aromatic rings. The number of rotatable bonds is 4. The number of amides is 1. The maximum Gasteiger partial charge on any atom is 0.234 e. The average molecular weight is 290 g/mol. The molecule has 96 valence electrons. The smallest absolute Gasteiger partial charge is 0.234 e. The van der Waals surface area contributed by atoms with E-state index in [4.69, 9.17) is 5.26 Å². The van der Waals surface area contributed by atoms with Crippen molar-refractivity contribution >= 4 is 34.9 Å². The summed E-state index contributed by atoms with van der Waals surface area (Å²) >= 11 is 2.65. The zero-order valence-corrected chi connectivity index (χ0v) is 11.7. The van der Waals surface area contributed by atoms with Crippen LogP contribution in [-0.4, -0.2) is 21.0 Å². The van der Waals surface area contributed by atoms with E-state index >= 15 is 0 Å². The molecular weight excluding hydrogens is 280 g/mol. The van der Waals surface area contributed by atoms with E-state index in [0.29, 0.717) is 11.3 Å². The topological polar surface area (TPSA) is 78.7 Å². The van der Waals surface area contributed by atoms with E-state index in [1.807, 2.05) is 13.0 Å². The fourth-order valence-corrected chi connectivity index (χ4v) is 2.74. The first kappa shape index (κ1) is 13.5. The molecule has 0 bridgehead atoms. The van der Waals surface area contributed by atoms with Crippen LogP contribution in [0.25, 0.3) is 0 Å². The summed E-state index contributed by atoms with van der Waals surface area (Å²) in [6, 6.07) is 8.76. The number of anilines is 1. The normalized spacial score (nSPS) is 9.89. The lowest BCUT2D eigenvalue weighted by Gasteiger charge is -2.03. The summed E-state index contributed by atoms with van der Waals surface area (Å²) < 4.78 is 4.83. The van der Waals surface area contributed by atoms with Crippen LogP contribution in [0, 0.1) is 18.3 Å². The Morgan fingerprint density at radius 2 is 2.21 bits per heavy atom. The standard InChI is InChI=1S/C12H10N4OS2/c1-8-14-12(19-16-8)18-7-11(17)15-10-4-2-9(6-13)3-5-10/h2-5H,7H2,1H3,(H,15,17). The molecule has 0 radical (unpaired) electrons. The Morgan fingerprint density at radius 3 is 2.79 bits per heavy atom. The molecule has 1 aromatic carbocycles. The molecule has 0 aliphatic rings. The quantitative estimate of drug-likeness (QED) is 0.875. The predicted octanol–water partition coefficient (Wildman–Crippen LogP) is 2.45. The van der Waals surface area contributed by atoms with Crippen LogP contribution in [-0.2, 0) is 4.79 Å². The molecule has 7 heteroatoms. The molecule has 1 heterocycles.